The first-order valence-corrected chi connectivity index (χ1v) is 8.44. The van der Waals surface area contributed by atoms with Crippen LogP contribution in [0, 0.1) is 5.82 Å². The van der Waals surface area contributed by atoms with Gasteiger partial charge < -0.3 is 15.4 Å². The van der Waals surface area contributed by atoms with Crippen LogP contribution >= 0.6 is 0 Å². The van der Waals surface area contributed by atoms with Crippen LogP contribution in [0.15, 0.2) is 84.9 Å². The number of ether oxygens (including phenoxy) is 1. The Morgan fingerprint density at radius 3 is 2.50 bits per heavy atom. The third kappa shape index (κ3) is 3.73. The zero-order chi connectivity index (χ0) is 19.5. The van der Waals surface area contributed by atoms with Crippen molar-refractivity contribution in [2.24, 2.45) is 0 Å². The van der Waals surface area contributed by atoms with Crippen LogP contribution in [0.4, 0.5) is 4.39 Å². The molecule has 138 valence electrons. The molecule has 1 aromatic heterocycles. The molecule has 0 saturated carbocycles. The van der Waals surface area contributed by atoms with Crippen molar-refractivity contribution in [1.29, 1.82) is 0 Å². The van der Waals surface area contributed by atoms with Gasteiger partial charge in [-0.2, -0.15) is 0 Å². The van der Waals surface area contributed by atoms with Crippen LogP contribution in [0.1, 0.15) is 10.5 Å². The Hall–Kier alpha value is -4.00. The molecule has 0 spiro atoms. The molecule has 2 aromatic carbocycles. The lowest BCUT2D eigenvalue weighted by Crippen LogP contribution is -2.26. The first kappa shape index (κ1) is 17.4. The van der Waals surface area contributed by atoms with Crippen molar-refractivity contribution in [2.75, 3.05) is 0 Å². The van der Waals surface area contributed by atoms with E-state index >= 15 is 0 Å². The highest BCUT2D eigenvalue weighted by Crippen LogP contribution is 2.25. The van der Waals surface area contributed by atoms with Crippen molar-refractivity contribution < 1.29 is 13.9 Å². The maximum absolute atomic E-state index is 13.2. The summed E-state index contributed by atoms with van der Waals surface area (Å²) in [5.74, 6) is -0.504. The van der Waals surface area contributed by atoms with E-state index in [1.807, 2.05) is 6.07 Å². The molecule has 7 heteroatoms. The summed E-state index contributed by atoms with van der Waals surface area (Å²) in [6.07, 6.45) is 5.05. The second-order valence-electron chi connectivity index (χ2n) is 5.98. The topological polar surface area (TPSA) is 76.1 Å². The van der Waals surface area contributed by atoms with E-state index in [0.717, 1.165) is 0 Å². The lowest BCUT2D eigenvalue weighted by atomic mass is 10.2. The van der Waals surface area contributed by atoms with Gasteiger partial charge >= 0.3 is 0 Å². The van der Waals surface area contributed by atoms with Crippen molar-refractivity contribution in [3.63, 3.8) is 0 Å². The van der Waals surface area contributed by atoms with E-state index in [-0.39, 0.29) is 17.4 Å². The van der Waals surface area contributed by atoms with E-state index < -0.39 is 5.91 Å². The molecular weight excluding hydrogens is 359 g/mol. The fourth-order valence-corrected chi connectivity index (χ4v) is 2.60. The maximum atomic E-state index is 13.2. The standard InChI is InChI=1S/C21H15FN4O2/c1-13-12-15(10-11-23-13)24-20(27)19-21(28-16-8-6-14(22)7-9-16)26-18-5-3-2-4-17(18)25-19/h2-12,23H,1H2,(H,24,27). The molecule has 0 unspecified atom stereocenters. The van der Waals surface area contributed by atoms with Crippen molar-refractivity contribution >= 4 is 16.9 Å². The number of para-hydroxylation sites is 2. The van der Waals surface area contributed by atoms with E-state index in [0.29, 0.717) is 28.2 Å². The number of carbonyl (C=O) groups is 1. The first-order chi connectivity index (χ1) is 13.6. The molecule has 28 heavy (non-hydrogen) atoms. The summed E-state index contributed by atoms with van der Waals surface area (Å²) in [7, 11) is 0. The Morgan fingerprint density at radius 2 is 1.79 bits per heavy atom. The van der Waals surface area contributed by atoms with Gasteiger partial charge in [0.1, 0.15) is 11.6 Å². The average molecular weight is 374 g/mol. The van der Waals surface area contributed by atoms with Crippen LogP contribution in [0.3, 0.4) is 0 Å². The molecular formula is C21H15FN4O2. The zero-order valence-electron chi connectivity index (χ0n) is 14.6. The quantitative estimate of drug-likeness (QED) is 0.726. The molecule has 0 radical (unpaired) electrons. The summed E-state index contributed by atoms with van der Waals surface area (Å²) in [4.78, 5) is 21.7. The number of fused-ring (bicyclic) bond motifs is 1. The minimum absolute atomic E-state index is 0.0152. The van der Waals surface area contributed by atoms with E-state index in [1.54, 1.807) is 36.6 Å². The van der Waals surface area contributed by atoms with Crippen LogP contribution in [0.2, 0.25) is 0 Å². The number of carbonyl (C=O) groups excluding carboxylic acids is 1. The average Bonchev–Trinajstić information content (AvgIpc) is 2.69. The molecule has 2 heterocycles. The van der Waals surface area contributed by atoms with Crippen LogP contribution in [0.25, 0.3) is 11.0 Å². The number of hydrogen-bond donors (Lipinski definition) is 2. The molecule has 4 rings (SSSR count). The number of dihydropyridines is 1. The highest BCUT2D eigenvalue weighted by molar-refractivity contribution is 5.97. The number of hydrogen-bond acceptors (Lipinski definition) is 5. The SMILES string of the molecule is C=C1C=C(NC(=O)c2nc3ccccc3nc2Oc2ccc(F)cc2)C=CN1. The molecule has 1 aliphatic heterocycles. The molecule has 2 N–H and O–H groups in total. The molecule has 3 aromatic rings. The Balaban J connectivity index is 1.72. The number of amides is 1. The number of rotatable bonds is 4. The van der Waals surface area contributed by atoms with Crippen LogP contribution in [0.5, 0.6) is 11.6 Å². The summed E-state index contributed by atoms with van der Waals surface area (Å²) in [5, 5.41) is 5.67. The molecule has 0 atom stereocenters. The normalized spacial score (nSPS) is 13.0. The molecule has 1 amide bonds. The van der Waals surface area contributed by atoms with Crippen molar-refractivity contribution in [3.05, 3.63) is 96.4 Å². The predicted molar refractivity (Wildman–Crippen MR) is 103 cm³/mol. The lowest BCUT2D eigenvalue weighted by molar-refractivity contribution is 0.0959. The van der Waals surface area contributed by atoms with E-state index in [1.165, 1.54) is 24.3 Å². The van der Waals surface area contributed by atoms with Gasteiger partial charge in [0.2, 0.25) is 0 Å². The second kappa shape index (κ2) is 7.32. The monoisotopic (exact) mass is 374 g/mol. The van der Waals surface area contributed by atoms with Gasteiger partial charge in [0, 0.05) is 17.6 Å². The highest BCUT2D eigenvalue weighted by atomic mass is 19.1. The fraction of sp³-hybridized carbons (Fsp3) is 0. The Kier molecular flexibility index (Phi) is 4.55. The van der Waals surface area contributed by atoms with E-state index in [4.69, 9.17) is 4.74 Å². The maximum Gasteiger partial charge on any atom is 0.279 e. The van der Waals surface area contributed by atoms with E-state index in [9.17, 15) is 9.18 Å². The number of nitrogens with one attached hydrogen (secondary N) is 2. The number of aromatic nitrogens is 2. The smallest absolute Gasteiger partial charge is 0.279 e. The van der Waals surface area contributed by atoms with Gasteiger partial charge in [0.15, 0.2) is 5.69 Å². The fourth-order valence-electron chi connectivity index (χ4n) is 2.60. The highest BCUT2D eigenvalue weighted by Gasteiger charge is 2.19. The van der Waals surface area contributed by atoms with Crippen molar-refractivity contribution in [1.82, 2.24) is 20.6 Å². The van der Waals surface area contributed by atoms with Crippen LogP contribution in [-0.2, 0) is 0 Å². The Labute approximate surface area is 160 Å². The van der Waals surface area contributed by atoms with Gasteiger partial charge in [-0.1, -0.05) is 18.7 Å². The second-order valence-corrected chi connectivity index (χ2v) is 5.98. The Bertz CT molecular complexity index is 1140. The largest absolute Gasteiger partial charge is 0.437 e. The molecule has 1 aliphatic rings. The molecule has 6 nitrogen and oxygen atoms in total. The first-order valence-electron chi connectivity index (χ1n) is 8.44. The molecule has 0 saturated heterocycles. The summed E-state index contributed by atoms with van der Waals surface area (Å²) in [5.41, 5.74) is 2.34. The van der Waals surface area contributed by atoms with Gasteiger partial charge in [-0.05, 0) is 48.6 Å². The zero-order valence-corrected chi connectivity index (χ0v) is 14.6. The number of benzene rings is 2. The molecule has 0 aliphatic carbocycles. The third-order valence-electron chi connectivity index (χ3n) is 3.90. The van der Waals surface area contributed by atoms with Crippen LogP contribution in [-0.4, -0.2) is 15.9 Å². The summed E-state index contributed by atoms with van der Waals surface area (Å²) < 4.78 is 18.9. The summed E-state index contributed by atoms with van der Waals surface area (Å²) >= 11 is 0. The van der Waals surface area contributed by atoms with Crippen LogP contribution < -0.4 is 15.4 Å². The van der Waals surface area contributed by atoms with Gasteiger partial charge in [0.25, 0.3) is 11.8 Å². The summed E-state index contributed by atoms with van der Waals surface area (Å²) in [6, 6.07) is 12.6. The van der Waals surface area contributed by atoms with Gasteiger partial charge in [-0.25, -0.2) is 14.4 Å². The van der Waals surface area contributed by atoms with Crippen molar-refractivity contribution in [3.8, 4) is 11.6 Å². The van der Waals surface area contributed by atoms with Crippen molar-refractivity contribution in [2.45, 2.75) is 0 Å². The third-order valence-corrected chi connectivity index (χ3v) is 3.90. The Morgan fingerprint density at radius 1 is 1.07 bits per heavy atom. The number of nitrogens with zero attached hydrogens (tertiary/aromatic N) is 2. The minimum Gasteiger partial charge on any atom is -0.437 e. The predicted octanol–water partition coefficient (Wildman–Crippen LogP) is 3.81. The van der Waals surface area contributed by atoms with Gasteiger partial charge in [-0.15, -0.1) is 0 Å². The van der Waals surface area contributed by atoms with E-state index in [2.05, 4.69) is 27.2 Å². The number of halogens is 1. The lowest BCUT2D eigenvalue weighted by Gasteiger charge is -2.14. The van der Waals surface area contributed by atoms with Gasteiger partial charge in [-0.3, -0.25) is 4.79 Å². The molecule has 0 fully saturated rings. The minimum atomic E-state index is -0.485. The summed E-state index contributed by atoms with van der Waals surface area (Å²) in [6.45, 7) is 3.79. The van der Waals surface area contributed by atoms with Gasteiger partial charge in [0.05, 0.1) is 11.0 Å². The number of allylic oxidation sites excluding steroid dienone is 2. The molecule has 0 bridgehead atoms.